The third-order valence-electron chi connectivity index (χ3n) is 4.00. The molecule has 0 N–H and O–H groups in total. The summed E-state index contributed by atoms with van der Waals surface area (Å²) in [6, 6.07) is 11.8. The van der Waals surface area contributed by atoms with E-state index in [9.17, 15) is 22.8 Å². The molecule has 5 nitrogen and oxygen atoms in total. The van der Waals surface area contributed by atoms with Gasteiger partial charge in [-0.2, -0.15) is 0 Å². The van der Waals surface area contributed by atoms with Crippen LogP contribution >= 0.6 is 24.0 Å². The highest BCUT2D eigenvalue weighted by Crippen LogP contribution is 2.34. The van der Waals surface area contributed by atoms with Crippen molar-refractivity contribution >= 4 is 46.3 Å². The van der Waals surface area contributed by atoms with Crippen LogP contribution in [0.5, 0.6) is 5.75 Å². The lowest BCUT2D eigenvalue weighted by Crippen LogP contribution is -2.27. The van der Waals surface area contributed by atoms with Gasteiger partial charge in [-0.1, -0.05) is 48.2 Å². The number of rotatable bonds is 5. The maximum Gasteiger partial charge on any atom is 0.573 e. The quantitative estimate of drug-likeness (QED) is 0.369. The molecule has 1 heterocycles. The molecule has 0 spiro atoms. The van der Waals surface area contributed by atoms with Crippen LogP contribution in [0.4, 0.5) is 13.2 Å². The molecule has 1 amide bonds. The van der Waals surface area contributed by atoms with E-state index in [1.165, 1.54) is 36.3 Å². The molecule has 0 bridgehead atoms. The van der Waals surface area contributed by atoms with Gasteiger partial charge in [0, 0.05) is 0 Å². The minimum absolute atomic E-state index is 0.121. The molecule has 0 unspecified atom stereocenters. The second kappa shape index (κ2) is 8.88. The fourth-order valence-corrected chi connectivity index (χ4v) is 3.86. The third kappa shape index (κ3) is 5.39. The summed E-state index contributed by atoms with van der Waals surface area (Å²) in [6.07, 6.45) is -3.11. The summed E-state index contributed by atoms with van der Waals surface area (Å²) >= 11 is 6.40. The molecular weight excluding hydrogens is 439 g/mol. The Hall–Kier alpha value is -2.85. The Morgan fingerprint density at radius 3 is 2.33 bits per heavy atom. The van der Waals surface area contributed by atoms with Crippen LogP contribution in [0.2, 0.25) is 0 Å². The van der Waals surface area contributed by atoms with Crippen molar-refractivity contribution in [1.29, 1.82) is 0 Å². The zero-order valence-corrected chi connectivity index (χ0v) is 17.1. The topological polar surface area (TPSA) is 55.8 Å². The number of ether oxygens (including phenoxy) is 2. The number of carbonyl (C=O) groups is 2. The summed E-state index contributed by atoms with van der Waals surface area (Å²) in [7, 11) is 1.29. The average molecular weight is 453 g/mol. The molecule has 1 saturated heterocycles. The first kappa shape index (κ1) is 21.8. The van der Waals surface area contributed by atoms with Crippen LogP contribution in [0.1, 0.15) is 21.5 Å². The SMILES string of the molecule is COC(=O)c1ccc(/C=C2\SC(=S)N(Cc3ccc(OC(F)(F)F)cc3)C2=O)cc1. The van der Waals surface area contributed by atoms with Gasteiger partial charge in [-0.25, -0.2) is 4.79 Å². The smallest absolute Gasteiger partial charge is 0.465 e. The molecule has 2 aromatic rings. The van der Waals surface area contributed by atoms with Crippen LogP contribution in [-0.2, 0) is 16.1 Å². The van der Waals surface area contributed by atoms with Crippen LogP contribution in [0.3, 0.4) is 0 Å². The average Bonchev–Trinajstić information content (AvgIpc) is 2.95. The number of hydrogen-bond donors (Lipinski definition) is 0. The minimum Gasteiger partial charge on any atom is -0.465 e. The van der Waals surface area contributed by atoms with Crippen LogP contribution < -0.4 is 4.74 Å². The van der Waals surface area contributed by atoms with E-state index < -0.39 is 12.3 Å². The van der Waals surface area contributed by atoms with Gasteiger partial charge in [0.15, 0.2) is 0 Å². The van der Waals surface area contributed by atoms with Crippen molar-refractivity contribution in [2.45, 2.75) is 12.9 Å². The number of thioether (sulfide) groups is 1. The van der Waals surface area contributed by atoms with Crippen LogP contribution in [0.15, 0.2) is 53.4 Å². The molecule has 0 aliphatic carbocycles. The minimum atomic E-state index is -4.76. The highest BCUT2D eigenvalue weighted by Gasteiger charge is 2.33. The molecule has 156 valence electrons. The molecule has 2 aromatic carbocycles. The first-order chi connectivity index (χ1) is 14.2. The Labute approximate surface area is 179 Å². The normalized spacial score (nSPS) is 15.6. The van der Waals surface area contributed by atoms with Gasteiger partial charge in [-0.05, 0) is 41.5 Å². The van der Waals surface area contributed by atoms with Crippen molar-refractivity contribution in [1.82, 2.24) is 4.90 Å². The monoisotopic (exact) mass is 453 g/mol. The number of benzene rings is 2. The predicted octanol–water partition coefficient (Wildman–Crippen LogP) is 4.77. The van der Waals surface area contributed by atoms with Gasteiger partial charge in [0.2, 0.25) is 0 Å². The van der Waals surface area contributed by atoms with E-state index in [0.717, 1.165) is 11.8 Å². The number of esters is 1. The first-order valence-corrected chi connectivity index (χ1v) is 9.67. The van der Waals surface area contributed by atoms with E-state index in [4.69, 9.17) is 12.2 Å². The zero-order valence-electron chi connectivity index (χ0n) is 15.4. The Kier molecular flexibility index (Phi) is 6.47. The molecule has 1 aliphatic heterocycles. The Bertz CT molecular complexity index is 1000. The van der Waals surface area contributed by atoms with E-state index in [1.54, 1.807) is 30.3 Å². The number of alkyl halides is 3. The number of nitrogens with zero attached hydrogens (tertiary/aromatic N) is 1. The highest BCUT2D eigenvalue weighted by molar-refractivity contribution is 8.26. The van der Waals surface area contributed by atoms with E-state index >= 15 is 0 Å². The summed E-state index contributed by atoms with van der Waals surface area (Å²) in [6.45, 7) is 0.121. The summed E-state index contributed by atoms with van der Waals surface area (Å²) < 4.78 is 45.6. The van der Waals surface area contributed by atoms with E-state index in [-0.39, 0.29) is 18.2 Å². The second-order valence-electron chi connectivity index (χ2n) is 6.07. The van der Waals surface area contributed by atoms with Gasteiger partial charge in [0.25, 0.3) is 5.91 Å². The molecule has 3 rings (SSSR count). The van der Waals surface area contributed by atoms with Crippen LogP contribution in [-0.4, -0.2) is 34.6 Å². The van der Waals surface area contributed by atoms with Gasteiger partial charge >= 0.3 is 12.3 Å². The lowest BCUT2D eigenvalue weighted by molar-refractivity contribution is -0.274. The zero-order chi connectivity index (χ0) is 21.9. The van der Waals surface area contributed by atoms with Crippen molar-refractivity contribution in [3.63, 3.8) is 0 Å². The van der Waals surface area contributed by atoms with Gasteiger partial charge in [-0.15, -0.1) is 13.2 Å². The largest absolute Gasteiger partial charge is 0.573 e. The van der Waals surface area contributed by atoms with Crippen LogP contribution in [0.25, 0.3) is 6.08 Å². The molecular formula is C20H14F3NO4S2. The van der Waals surface area contributed by atoms with Crippen molar-refractivity contribution in [2.24, 2.45) is 0 Å². The van der Waals surface area contributed by atoms with Crippen molar-refractivity contribution in [3.8, 4) is 5.75 Å². The summed E-state index contributed by atoms with van der Waals surface area (Å²) in [4.78, 5) is 26.0. The highest BCUT2D eigenvalue weighted by atomic mass is 32.2. The summed E-state index contributed by atoms with van der Waals surface area (Å²) in [5.74, 6) is -1.11. The Morgan fingerprint density at radius 2 is 1.77 bits per heavy atom. The molecule has 10 heteroatoms. The third-order valence-corrected chi connectivity index (χ3v) is 5.38. The predicted molar refractivity (Wildman–Crippen MR) is 110 cm³/mol. The first-order valence-electron chi connectivity index (χ1n) is 8.45. The molecule has 0 radical (unpaired) electrons. The van der Waals surface area contributed by atoms with Crippen molar-refractivity contribution < 1.29 is 32.2 Å². The second-order valence-corrected chi connectivity index (χ2v) is 7.75. The molecule has 30 heavy (non-hydrogen) atoms. The molecule has 0 aromatic heterocycles. The van der Waals surface area contributed by atoms with E-state index in [2.05, 4.69) is 9.47 Å². The summed E-state index contributed by atoms with van der Waals surface area (Å²) in [5, 5.41) is 0. The number of halogens is 3. The number of amides is 1. The fraction of sp³-hybridized carbons (Fsp3) is 0.150. The Balaban J connectivity index is 1.70. The number of methoxy groups -OCH3 is 1. The molecule has 0 atom stereocenters. The van der Waals surface area contributed by atoms with E-state index in [1.807, 2.05) is 0 Å². The van der Waals surface area contributed by atoms with Crippen molar-refractivity contribution in [2.75, 3.05) is 7.11 Å². The Morgan fingerprint density at radius 1 is 1.13 bits per heavy atom. The van der Waals surface area contributed by atoms with Gasteiger partial charge in [-0.3, -0.25) is 9.69 Å². The number of carbonyl (C=O) groups excluding carboxylic acids is 2. The fourth-order valence-electron chi connectivity index (χ4n) is 2.60. The molecule has 1 aliphatic rings. The van der Waals surface area contributed by atoms with Crippen molar-refractivity contribution in [3.05, 3.63) is 70.1 Å². The number of thiocarbonyl (C=S) groups is 1. The van der Waals surface area contributed by atoms with Crippen LogP contribution in [0, 0.1) is 0 Å². The lowest BCUT2D eigenvalue weighted by atomic mass is 10.1. The van der Waals surface area contributed by atoms with E-state index in [0.29, 0.717) is 25.9 Å². The van der Waals surface area contributed by atoms with Gasteiger partial charge < -0.3 is 9.47 Å². The van der Waals surface area contributed by atoms with Gasteiger partial charge in [0.05, 0.1) is 24.1 Å². The molecule has 0 saturated carbocycles. The lowest BCUT2D eigenvalue weighted by Gasteiger charge is -2.15. The maximum atomic E-state index is 12.7. The standard InChI is InChI=1S/C20H14F3NO4S2/c1-27-18(26)14-6-2-12(3-7-14)10-16-17(25)24(19(29)30-16)11-13-4-8-15(9-5-13)28-20(21,22)23/h2-10H,11H2,1H3/b16-10-. The maximum absolute atomic E-state index is 12.7. The number of hydrogen-bond acceptors (Lipinski definition) is 6. The summed E-state index contributed by atoms with van der Waals surface area (Å²) in [5.41, 5.74) is 1.70. The molecule has 1 fully saturated rings. The van der Waals surface area contributed by atoms with Gasteiger partial charge in [0.1, 0.15) is 10.1 Å².